The molecule has 2 nitrogen and oxygen atoms in total. The summed E-state index contributed by atoms with van der Waals surface area (Å²) in [5, 5.41) is -0.291. The van der Waals surface area contributed by atoms with E-state index >= 15 is 0 Å². The summed E-state index contributed by atoms with van der Waals surface area (Å²) in [6.07, 6.45) is 0. The summed E-state index contributed by atoms with van der Waals surface area (Å²) in [7, 11) is -1.26. The van der Waals surface area contributed by atoms with Crippen molar-refractivity contribution >= 4 is 10.8 Å². The molecule has 22 heavy (non-hydrogen) atoms. The van der Waals surface area contributed by atoms with Crippen LogP contribution in [0.25, 0.3) is 0 Å². The van der Waals surface area contributed by atoms with Crippen LogP contribution in [0.15, 0.2) is 48.5 Å². The second-order valence-corrected chi connectivity index (χ2v) is 6.50. The molecule has 0 radical (unpaired) electrons. The van der Waals surface area contributed by atoms with Gasteiger partial charge in [0.15, 0.2) is 0 Å². The maximum absolute atomic E-state index is 12.9. The SMILES string of the molecule is CC(c1ccc(F)cc1)S(=O)Cc1cccc(OC(F)F)c1. The maximum atomic E-state index is 12.9. The van der Waals surface area contributed by atoms with Crippen LogP contribution in [0, 0.1) is 5.82 Å². The molecule has 0 fully saturated rings. The highest BCUT2D eigenvalue weighted by Crippen LogP contribution is 2.24. The lowest BCUT2D eigenvalue weighted by Crippen LogP contribution is -2.06. The Morgan fingerprint density at radius 2 is 1.82 bits per heavy atom. The summed E-state index contributed by atoms with van der Waals surface area (Å²) >= 11 is 0. The largest absolute Gasteiger partial charge is 0.435 e. The van der Waals surface area contributed by atoms with Gasteiger partial charge in [-0.05, 0) is 42.3 Å². The van der Waals surface area contributed by atoms with Gasteiger partial charge in [-0.15, -0.1) is 0 Å². The Hall–Kier alpha value is -1.82. The molecule has 2 aromatic carbocycles. The molecule has 2 unspecified atom stereocenters. The van der Waals surface area contributed by atoms with Crippen molar-refractivity contribution in [2.45, 2.75) is 24.5 Å². The van der Waals surface area contributed by atoms with Gasteiger partial charge in [-0.2, -0.15) is 8.78 Å². The van der Waals surface area contributed by atoms with E-state index in [1.54, 1.807) is 31.2 Å². The van der Waals surface area contributed by atoms with E-state index in [9.17, 15) is 17.4 Å². The molecule has 0 aliphatic rings. The van der Waals surface area contributed by atoms with Crippen LogP contribution in [0.4, 0.5) is 13.2 Å². The molecular formula is C16H15F3O2S. The topological polar surface area (TPSA) is 26.3 Å². The Bertz CT molecular complexity index is 644. The lowest BCUT2D eigenvalue weighted by molar-refractivity contribution is -0.0498. The Morgan fingerprint density at radius 1 is 1.14 bits per heavy atom. The third-order valence-electron chi connectivity index (χ3n) is 3.17. The molecule has 0 aliphatic carbocycles. The minimum absolute atomic E-state index is 0.0407. The molecule has 2 aromatic rings. The van der Waals surface area contributed by atoms with Crippen molar-refractivity contribution in [3.63, 3.8) is 0 Å². The monoisotopic (exact) mass is 328 g/mol. The average Bonchev–Trinajstić information content (AvgIpc) is 2.47. The summed E-state index contributed by atoms with van der Waals surface area (Å²) in [5.41, 5.74) is 1.41. The van der Waals surface area contributed by atoms with E-state index in [2.05, 4.69) is 4.74 Å². The third-order valence-corrected chi connectivity index (χ3v) is 4.84. The predicted octanol–water partition coefficient (Wildman–Crippen LogP) is 4.44. The van der Waals surface area contributed by atoms with Gasteiger partial charge < -0.3 is 4.74 Å². The predicted molar refractivity (Wildman–Crippen MR) is 79.7 cm³/mol. The quantitative estimate of drug-likeness (QED) is 0.784. The molecule has 0 saturated heterocycles. The first kappa shape index (κ1) is 16.5. The zero-order chi connectivity index (χ0) is 16.1. The van der Waals surface area contributed by atoms with Gasteiger partial charge in [-0.1, -0.05) is 24.3 Å². The van der Waals surface area contributed by atoms with Crippen LogP contribution in [-0.4, -0.2) is 10.8 Å². The van der Waals surface area contributed by atoms with E-state index in [4.69, 9.17) is 0 Å². The van der Waals surface area contributed by atoms with Crippen molar-refractivity contribution in [2.75, 3.05) is 0 Å². The Kier molecular flexibility index (Phi) is 5.60. The lowest BCUT2D eigenvalue weighted by Gasteiger charge is -2.12. The fourth-order valence-corrected chi connectivity index (χ4v) is 3.21. The zero-order valence-corrected chi connectivity index (χ0v) is 12.7. The van der Waals surface area contributed by atoms with E-state index in [0.29, 0.717) is 5.56 Å². The Balaban J connectivity index is 2.06. The van der Waals surface area contributed by atoms with Gasteiger partial charge in [0.1, 0.15) is 11.6 Å². The molecule has 118 valence electrons. The summed E-state index contributed by atoms with van der Waals surface area (Å²) in [6, 6.07) is 12.0. The van der Waals surface area contributed by atoms with Gasteiger partial charge >= 0.3 is 6.61 Å². The molecule has 0 amide bonds. The van der Waals surface area contributed by atoms with E-state index < -0.39 is 17.4 Å². The van der Waals surface area contributed by atoms with Crippen LogP contribution in [0.1, 0.15) is 23.3 Å². The first-order chi connectivity index (χ1) is 10.5. The zero-order valence-electron chi connectivity index (χ0n) is 11.8. The lowest BCUT2D eigenvalue weighted by atomic mass is 10.2. The second kappa shape index (κ2) is 7.45. The standard InChI is InChI=1S/C16H15F3O2S/c1-11(13-5-7-14(17)8-6-13)22(20)10-12-3-2-4-15(9-12)21-16(18)19/h2-9,11,16H,10H2,1H3. The van der Waals surface area contributed by atoms with Crippen molar-refractivity contribution in [1.82, 2.24) is 0 Å². The van der Waals surface area contributed by atoms with E-state index in [0.717, 1.165) is 5.56 Å². The first-order valence-electron chi connectivity index (χ1n) is 6.62. The second-order valence-electron chi connectivity index (χ2n) is 4.74. The number of hydrogen-bond acceptors (Lipinski definition) is 2. The van der Waals surface area contributed by atoms with Crippen molar-refractivity contribution in [1.29, 1.82) is 0 Å². The minimum Gasteiger partial charge on any atom is -0.435 e. The van der Waals surface area contributed by atoms with E-state index in [1.807, 2.05) is 0 Å². The summed E-state index contributed by atoms with van der Waals surface area (Å²) in [5.74, 6) is -0.101. The first-order valence-corrected chi connectivity index (χ1v) is 8.00. The van der Waals surface area contributed by atoms with Crippen LogP contribution in [0.5, 0.6) is 5.75 Å². The van der Waals surface area contributed by atoms with Gasteiger partial charge in [0, 0.05) is 16.6 Å². The molecule has 2 atom stereocenters. The summed E-state index contributed by atoms with van der Waals surface area (Å²) in [4.78, 5) is 0. The van der Waals surface area contributed by atoms with Gasteiger partial charge in [-0.25, -0.2) is 4.39 Å². The van der Waals surface area contributed by atoms with Crippen molar-refractivity contribution < 1.29 is 22.1 Å². The Morgan fingerprint density at radius 3 is 2.45 bits per heavy atom. The molecule has 0 aliphatic heterocycles. The highest BCUT2D eigenvalue weighted by molar-refractivity contribution is 7.84. The van der Waals surface area contributed by atoms with Gasteiger partial charge in [0.2, 0.25) is 0 Å². The highest BCUT2D eigenvalue weighted by atomic mass is 32.2. The minimum atomic E-state index is -2.89. The summed E-state index contributed by atoms with van der Waals surface area (Å²) in [6.45, 7) is -1.11. The molecule has 0 bridgehead atoms. The van der Waals surface area contributed by atoms with Crippen LogP contribution in [-0.2, 0) is 16.6 Å². The molecule has 0 heterocycles. The van der Waals surface area contributed by atoms with Crippen LogP contribution < -0.4 is 4.74 Å². The van der Waals surface area contributed by atoms with Crippen LogP contribution in [0.3, 0.4) is 0 Å². The number of halogens is 3. The van der Waals surface area contributed by atoms with Gasteiger partial charge in [0.05, 0.1) is 5.25 Å². The molecule has 0 spiro atoms. The molecule has 6 heteroatoms. The smallest absolute Gasteiger partial charge is 0.387 e. The fourth-order valence-electron chi connectivity index (χ4n) is 1.99. The maximum Gasteiger partial charge on any atom is 0.387 e. The number of ether oxygens (including phenoxy) is 1. The molecule has 0 aromatic heterocycles. The molecular weight excluding hydrogens is 313 g/mol. The van der Waals surface area contributed by atoms with Crippen molar-refractivity contribution in [3.8, 4) is 5.75 Å². The molecule has 0 saturated carbocycles. The van der Waals surface area contributed by atoms with Crippen molar-refractivity contribution in [3.05, 3.63) is 65.5 Å². The number of alkyl halides is 2. The van der Waals surface area contributed by atoms with Crippen LogP contribution in [0.2, 0.25) is 0 Å². The molecule has 2 rings (SSSR count). The van der Waals surface area contributed by atoms with Crippen LogP contribution >= 0.6 is 0 Å². The Labute approximate surface area is 129 Å². The average molecular weight is 328 g/mol. The van der Waals surface area contributed by atoms with Gasteiger partial charge in [-0.3, -0.25) is 4.21 Å². The number of rotatable bonds is 6. The van der Waals surface area contributed by atoms with E-state index in [-0.39, 0.29) is 22.6 Å². The van der Waals surface area contributed by atoms with E-state index in [1.165, 1.54) is 24.3 Å². The number of benzene rings is 2. The van der Waals surface area contributed by atoms with Gasteiger partial charge in [0.25, 0.3) is 0 Å². The normalized spacial score (nSPS) is 13.9. The fraction of sp³-hybridized carbons (Fsp3) is 0.250. The summed E-state index contributed by atoms with van der Waals surface area (Å²) < 4.78 is 53.9. The van der Waals surface area contributed by atoms with Crippen molar-refractivity contribution in [2.24, 2.45) is 0 Å². The third kappa shape index (κ3) is 4.59. The highest BCUT2D eigenvalue weighted by Gasteiger charge is 2.15. The molecule has 0 N–H and O–H groups in total. The number of hydrogen-bond donors (Lipinski definition) is 0.